The van der Waals surface area contributed by atoms with Crippen molar-refractivity contribution in [2.24, 2.45) is 7.05 Å². The second-order valence-electron chi connectivity index (χ2n) is 3.59. The summed E-state index contributed by atoms with van der Waals surface area (Å²) in [5.41, 5.74) is 2.84. The highest BCUT2D eigenvalue weighted by molar-refractivity contribution is 5.90. The van der Waals surface area contributed by atoms with Crippen LogP contribution in [0, 0.1) is 6.92 Å². The number of carboxylic acids is 1. The molecular weight excluding hydrogens is 192 g/mol. The average Bonchev–Trinajstić information content (AvgIpc) is 2.71. The van der Waals surface area contributed by atoms with E-state index >= 15 is 0 Å². The van der Waals surface area contributed by atoms with Gasteiger partial charge in [-0.25, -0.2) is 4.79 Å². The van der Waals surface area contributed by atoms with Crippen molar-refractivity contribution in [3.05, 3.63) is 35.8 Å². The summed E-state index contributed by atoms with van der Waals surface area (Å²) >= 11 is 0. The molecule has 0 atom stereocenters. The molecule has 0 aliphatic rings. The molecule has 0 saturated carbocycles. The van der Waals surface area contributed by atoms with Crippen molar-refractivity contribution in [2.45, 2.75) is 6.92 Å². The maximum absolute atomic E-state index is 10.8. The predicted octanol–water partition coefficient (Wildman–Crippen LogP) is 2.03. The van der Waals surface area contributed by atoms with Crippen LogP contribution in [0.3, 0.4) is 0 Å². The van der Waals surface area contributed by atoms with Crippen LogP contribution in [0.2, 0.25) is 0 Å². The Kier molecular flexibility index (Phi) is 2.11. The molecule has 2 N–H and O–H groups in total. The summed E-state index contributed by atoms with van der Waals surface area (Å²) in [7, 11) is 1.93. The summed E-state index contributed by atoms with van der Waals surface area (Å²) in [5, 5.41) is 8.91. The van der Waals surface area contributed by atoms with E-state index in [9.17, 15) is 4.79 Å². The van der Waals surface area contributed by atoms with E-state index < -0.39 is 5.97 Å². The maximum atomic E-state index is 10.8. The molecule has 0 bridgehead atoms. The molecule has 2 aromatic heterocycles. The number of aromatic carboxylic acids is 1. The van der Waals surface area contributed by atoms with Gasteiger partial charge in [0.2, 0.25) is 0 Å². The summed E-state index contributed by atoms with van der Waals surface area (Å²) in [4.78, 5) is 13.9. The van der Waals surface area contributed by atoms with E-state index in [1.807, 2.05) is 30.1 Å². The third kappa shape index (κ3) is 1.66. The van der Waals surface area contributed by atoms with E-state index in [0.29, 0.717) is 11.3 Å². The van der Waals surface area contributed by atoms with E-state index in [1.54, 1.807) is 13.0 Å². The van der Waals surface area contributed by atoms with Gasteiger partial charge in [-0.1, -0.05) is 0 Å². The lowest BCUT2D eigenvalue weighted by atomic mass is 10.2. The maximum Gasteiger partial charge on any atom is 0.337 e. The molecule has 2 rings (SSSR count). The number of H-pyrrole nitrogens is 1. The largest absolute Gasteiger partial charge is 0.478 e. The first-order valence-corrected chi connectivity index (χ1v) is 4.63. The third-order valence-corrected chi connectivity index (χ3v) is 2.39. The van der Waals surface area contributed by atoms with Crippen molar-refractivity contribution >= 4 is 5.97 Å². The Bertz CT molecular complexity index is 508. The van der Waals surface area contributed by atoms with Gasteiger partial charge >= 0.3 is 5.97 Å². The van der Waals surface area contributed by atoms with Crippen molar-refractivity contribution in [1.29, 1.82) is 0 Å². The number of hydrogen-bond acceptors (Lipinski definition) is 1. The van der Waals surface area contributed by atoms with Crippen molar-refractivity contribution in [2.75, 3.05) is 0 Å². The van der Waals surface area contributed by atoms with E-state index in [2.05, 4.69) is 4.98 Å². The van der Waals surface area contributed by atoms with Gasteiger partial charge in [0.05, 0.1) is 5.56 Å². The molecule has 15 heavy (non-hydrogen) atoms. The molecule has 0 aromatic carbocycles. The standard InChI is InChI=1S/C11H12N2O2/c1-7-9(11(14)15)5-10(12-7)8-3-4-13(2)6-8/h3-6,12H,1-2H3,(H,14,15). The van der Waals surface area contributed by atoms with Crippen LogP contribution >= 0.6 is 0 Å². The van der Waals surface area contributed by atoms with Gasteiger partial charge in [-0.2, -0.15) is 0 Å². The second kappa shape index (κ2) is 3.31. The molecule has 0 spiro atoms. The quantitative estimate of drug-likeness (QED) is 0.786. The summed E-state index contributed by atoms with van der Waals surface area (Å²) in [5.74, 6) is -0.897. The number of nitrogens with zero attached hydrogens (tertiary/aromatic N) is 1. The first-order valence-electron chi connectivity index (χ1n) is 4.63. The first-order chi connectivity index (χ1) is 7.08. The fraction of sp³-hybridized carbons (Fsp3) is 0.182. The molecule has 0 saturated heterocycles. The summed E-state index contributed by atoms with van der Waals surface area (Å²) in [6, 6.07) is 3.60. The van der Waals surface area contributed by atoms with Crippen LogP contribution in [-0.2, 0) is 7.05 Å². The van der Waals surface area contributed by atoms with Gasteiger partial charge in [0.1, 0.15) is 0 Å². The van der Waals surface area contributed by atoms with Crippen LogP contribution in [0.4, 0.5) is 0 Å². The molecule has 4 nitrogen and oxygen atoms in total. The van der Waals surface area contributed by atoms with Crippen LogP contribution in [0.15, 0.2) is 24.5 Å². The fourth-order valence-electron chi connectivity index (χ4n) is 1.60. The Morgan fingerprint density at radius 2 is 2.27 bits per heavy atom. The third-order valence-electron chi connectivity index (χ3n) is 2.39. The first kappa shape index (κ1) is 9.58. The Morgan fingerprint density at radius 1 is 1.53 bits per heavy atom. The molecule has 78 valence electrons. The molecule has 4 heteroatoms. The highest BCUT2D eigenvalue weighted by Crippen LogP contribution is 2.21. The van der Waals surface area contributed by atoms with Crippen LogP contribution in [0.25, 0.3) is 11.3 Å². The van der Waals surface area contributed by atoms with E-state index in [4.69, 9.17) is 5.11 Å². The van der Waals surface area contributed by atoms with Gasteiger partial charge in [0, 0.05) is 36.4 Å². The molecule has 0 radical (unpaired) electrons. The second-order valence-corrected chi connectivity index (χ2v) is 3.59. The molecule has 2 heterocycles. The van der Waals surface area contributed by atoms with Gasteiger partial charge in [-0.15, -0.1) is 0 Å². The Balaban J connectivity index is 2.46. The van der Waals surface area contributed by atoms with Crippen molar-refractivity contribution in [1.82, 2.24) is 9.55 Å². The minimum Gasteiger partial charge on any atom is -0.478 e. The fourth-order valence-corrected chi connectivity index (χ4v) is 1.60. The minimum atomic E-state index is -0.897. The monoisotopic (exact) mass is 204 g/mol. The zero-order valence-corrected chi connectivity index (χ0v) is 8.61. The lowest BCUT2D eigenvalue weighted by Crippen LogP contribution is -1.95. The summed E-state index contributed by atoms with van der Waals surface area (Å²) in [6.45, 7) is 1.76. The summed E-state index contributed by atoms with van der Waals surface area (Å²) < 4.78 is 1.92. The number of aromatic amines is 1. The minimum absolute atomic E-state index is 0.328. The lowest BCUT2D eigenvalue weighted by molar-refractivity contribution is 0.0696. The topological polar surface area (TPSA) is 58.0 Å². The zero-order valence-electron chi connectivity index (χ0n) is 8.61. The van der Waals surface area contributed by atoms with E-state index in [-0.39, 0.29) is 0 Å². The van der Waals surface area contributed by atoms with Crippen molar-refractivity contribution in [3.63, 3.8) is 0 Å². The summed E-state index contributed by atoms with van der Waals surface area (Å²) in [6.07, 6.45) is 3.86. The Hall–Kier alpha value is -1.97. The number of carboxylic acid groups (broad SMARTS) is 1. The molecule has 2 aromatic rings. The van der Waals surface area contributed by atoms with E-state index in [0.717, 1.165) is 11.3 Å². The van der Waals surface area contributed by atoms with E-state index in [1.165, 1.54) is 0 Å². The van der Waals surface area contributed by atoms with Gasteiger partial charge in [-0.3, -0.25) is 0 Å². The predicted molar refractivity (Wildman–Crippen MR) is 56.9 cm³/mol. The highest BCUT2D eigenvalue weighted by Gasteiger charge is 2.12. The smallest absolute Gasteiger partial charge is 0.337 e. The molecule has 0 aliphatic carbocycles. The van der Waals surface area contributed by atoms with Gasteiger partial charge in [0.25, 0.3) is 0 Å². The molecule has 0 unspecified atom stereocenters. The average molecular weight is 204 g/mol. The van der Waals surface area contributed by atoms with Gasteiger partial charge < -0.3 is 14.7 Å². The molecule has 0 aliphatic heterocycles. The lowest BCUT2D eigenvalue weighted by Gasteiger charge is -1.90. The van der Waals surface area contributed by atoms with Crippen molar-refractivity contribution in [3.8, 4) is 11.3 Å². The number of rotatable bonds is 2. The SMILES string of the molecule is Cc1[nH]c(-c2ccn(C)c2)cc1C(=O)O. The number of hydrogen-bond donors (Lipinski definition) is 2. The van der Waals surface area contributed by atoms with Crippen LogP contribution in [0.5, 0.6) is 0 Å². The molecule has 0 fully saturated rings. The normalized spacial score (nSPS) is 10.5. The van der Waals surface area contributed by atoms with Crippen LogP contribution < -0.4 is 0 Å². The number of carbonyl (C=O) groups is 1. The Morgan fingerprint density at radius 3 is 2.73 bits per heavy atom. The van der Waals surface area contributed by atoms with Gasteiger partial charge in [0.15, 0.2) is 0 Å². The zero-order chi connectivity index (χ0) is 11.0. The number of aromatic nitrogens is 2. The number of nitrogens with one attached hydrogen (secondary N) is 1. The number of aryl methyl sites for hydroxylation is 2. The van der Waals surface area contributed by atoms with Crippen LogP contribution in [-0.4, -0.2) is 20.6 Å². The van der Waals surface area contributed by atoms with Crippen LogP contribution in [0.1, 0.15) is 16.1 Å². The highest BCUT2D eigenvalue weighted by atomic mass is 16.4. The molecular formula is C11H12N2O2. The Labute approximate surface area is 87.2 Å². The van der Waals surface area contributed by atoms with Gasteiger partial charge in [-0.05, 0) is 19.1 Å². The molecule has 0 amide bonds. The van der Waals surface area contributed by atoms with Crippen molar-refractivity contribution < 1.29 is 9.90 Å².